The molecule has 1 heterocycles. The maximum atomic E-state index is 10.9. The van der Waals surface area contributed by atoms with Crippen LogP contribution >= 0.6 is 24.0 Å². The van der Waals surface area contributed by atoms with Crippen LogP contribution < -0.4 is 10.1 Å². The van der Waals surface area contributed by atoms with Gasteiger partial charge in [0.25, 0.3) is 0 Å². The fraction of sp³-hybridized carbons (Fsp3) is 0.483. The van der Waals surface area contributed by atoms with Crippen LogP contribution in [-0.2, 0) is 17.3 Å². The van der Waals surface area contributed by atoms with Gasteiger partial charge in [0.05, 0.1) is 12.3 Å². The van der Waals surface area contributed by atoms with Crippen molar-refractivity contribution in [1.82, 2.24) is 10.3 Å². The summed E-state index contributed by atoms with van der Waals surface area (Å²) in [6.45, 7) is 18.1. The molecule has 200 valence electrons. The standard InChI is InChI=1S/C26H32ClNO3.C3H9N.ClH/c1-16-8-9-19(14-22(16)27)30-11-10-18-15-31-24(28-18)17-12-20(25(2,3)4)23(29)21(13-17)26(5,6)7;1-3-4-2;/h8-9,12-15,29H,10-11H2,1-7H3;4H,3H2,1-2H3;1H. The van der Waals surface area contributed by atoms with Crippen LogP contribution in [0.1, 0.15) is 70.9 Å². The zero-order valence-corrected chi connectivity index (χ0v) is 24.7. The number of aromatic nitrogens is 1. The van der Waals surface area contributed by atoms with Crippen LogP contribution in [0.15, 0.2) is 41.0 Å². The summed E-state index contributed by atoms with van der Waals surface area (Å²) in [6, 6.07) is 9.63. The van der Waals surface area contributed by atoms with Crippen LogP contribution in [0.25, 0.3) is 11.5 Å². The summed E-state index contributed by atoms with van der Waals surface area (Å²) in [6.07, 6.45) is 2.28. The third-order valence-electron chi connectivity index (χ3n) is 5.65. The second kappa shape index (κ2) is 13.4. The molecular formula is C29H42Cl2N2O3. The molecule has 0 saturated heterocycles. The molecule has 0 aliphatic heterocycles. The van der Waals surface area contributed by atoms with Gasteiger partial charge in [-0.05, 0) is 61.2 Å². The van der Waals surface area contributed by atoms with Gasteiger partial charge in [-0.25, -0.2) is 4.98 Å². The average molecular weight is 538 g/mol. The first-order valence-electron chi connectivity index (χ1n) is 12.1. The summed E-state index contributed by atoms with van der Waals surface area (Å²) in [5.74, 6) is 1.63. The topological polar surface area (TPSA) is 67.5 Å². The van der Waals surface area contributed by atoms with E-state index in [0.29, 0.717) is 29.7 Å². The minimum absolute atomic E-state index is 0. The summed E-state index contributed by atoms with van der Waals surface area (Å²) in [5, 5.41) is 14.5. The highest BCUT2D eigenvalue weighted by Crippen LogP contribution is 2.41. The Balaban J connectivity index is 0.00000120. The Kier molecular flexibility index (Phi) is 11.8. The molecule has 0 aliphatic carbocycles. The van der Waals surface area contributed by atoms with Crippen molar-refractivity contribution >= 4 is 24.0 Å². The highest BCUT2D eigenvalue weighted by molar-refractivity contribution is 6.31. The van der Waals surface area contributed by atoms with E-state index >= 15 is 0 Å². The zero-order valence-electron chi connectivity index (χ0n) is 23.1. The van der Waals surface area contributed by atoms with Crippen LogP contribution in [0.5, 0.6) is 11.5 Å². The van der Waals surface area contributed by atoms with Crippen molar-refractivity contribution in [3.8, 4) is 23.0 Å². The summed E-state index contributed by atoms with van der Waals surface area (Å²) in [4.78, 5) is 4.66. The quantitative estimate of drug-likeness (QED) is 0.335. The molecule has 0 unspecified atom stereocenters. The molecule has 0 fully saturated rings. The van der Waals surface area contributed by atoms with Gasteiger partial charge in [-0.2, -0.15) is 0 Å². The maximum Gasteiger partial charge on any atom is 0.226 e. The number of aryl methyl sites for hydroxylation is 1. The predicted octanol–water partition coefficient (Wildman–Crippen LogP) is 7.87. The van der Waals surface area contributed by atoms with E-state index in [0.717, 1.165) is 40.2 Å². The number of nitrogens with one attached hydrogen (secondary N) is 1. The number of benzene rings is 2. The third kappa shape index (κ3) is 8.72. The molecule has 3 aromatic rings. The number of nitrogens with zero attached hydrogens (tertiary/aromatic N) is 1. The van der Waals surface area contributed by atoms with E-state index < -0.39 is 0 Å². The molecule has 0 aliphatic rings. The van der Waals surface area contributed by atoms with Crippen LogP contribution in [0.2, 0.25) is 5.02 Å². The molecule has 0 spiro atoms. The molecule has 7 heteroatoms. The molecule has 2 aromatic carbocycles. The van der Waals surface area contributed by atoms with Crippen molar-refractivity contribution < 1.29 is 14.3 Å². The number of ether oxygens (including phenoxy) is 1. The number of phenols is 1. The molecular weight excluding hydrogens is 495 g/mol. The van der Waals surface area contributed by atoms with Crippen molar-refractivity contribution in [3.63, 3.8) is 0 Å². The number of hydrogen-bond acceptors (Lipinski definition) is 5. The van der Waals surface area contributed by atoms with Gasteiger partial charge in [0.2, 0.25) is 5.89 Å². The van der Waals surface area contributed by atoms with Gasteiger partial charge in [0, 0.05) is 28.1 Å². The van der Waals surface area contributed by atoms with E-state index in [-0.39, 0.29) is 23.2 Å². The Hall–Kier alpha value is -2.21. The van der Waals surface area contributed by atoms with E-state index in [1.165, 1.54) is 0 Å². The van der Waals surface area contributed by atoms with Gasteiger partial charge in [-0.1, -0.05) is 66.1 Å². The van der Waals surface area contributed by atoms with Crippen molar-refractivity contribution in [2.24, 2.45) is 0 Å². The lowest BCUT2D eigenvalue weighted by atomic mass is 9.78. The first-order chi connectivity index (χ1) is 16.3. The minimum atomic E-state index is -0.210. The molecule has 0 atom stereocenters. The van der Waals surface area contributed by atoms with E-state index in [1.807, 2.05) is 44.3 Å². The molecule has 36 heavy (non-hydrogen) atoms. The van der Waals surface area contributed by atoms with Crippen molar-refractivity contribution in [2.45, 2.75) is 72.6 Å². The Morgan fingerprint density at radius 3 is 2.06 bits per heavy atom. The lowest BCUT2D eigenvalue weighted by molar-refractivity contribution is 0.320. The van der Waals surface area contributed by atoms with Gasteiger partial charge in [0.15, 0.2) is 0 Å². The van der Waals surface area contributed by atoms with Crippen LogP contribution in [0.3, 0.4) is 0 Å². The van der Waals surface area contributed by atoms with E-state index in [1.54, 1.807) is 6.26 Å². The monoisotopic (exact) mass is 536 g/mol. The van der Waals surface area contributed by atoms with Gasteiger partial charge in [-0.3, -0.25) is 0 Å². The first-order valence-corrected chi connectivity index (χ1v) is 12.5. The number of hydrogen-bond donors (Lipinski definition) is 2. The molecule has 0 radical (unpaired) electrons. The summed E-state index contributed by atoms with van der Waals surface area (Å²) >= 11 is 6.16. The minimum Gasteiger partial charge on any atom is -0.507 e. The number of rotatable bonds is 6. The van der Waals surface area contributed by atoms with Gasteiger partial charge >= 0.3 is 0 Å². The van der Waals surface area contributed by atoms with Crippen LogP contribution in [0.4, 0.5) is 0 Å². The smallest absolute Gasteiger partial charge is 0.226 e. The van der Waals surface area contributed by atoms with Crippen LogP contribution in [-0.4, -0.2) is 30.3 Å². The predicted molar refractivity (Wildman–Crippen MR) is 153 cm³/mol. The van der Waals surface area contributed by atoms with Crippen molar-refractivity contribution in [2.75, 3.05) is 20.2 Å². The number of halogens is 2. The SMILES string of the molecule is CCNC.Cc1ccc(OCCc2coc(-c3cc(C(C)(C)C)c(O)c(C(C)(C)C)c3)n2)cc1Cl.Cl. The van der Waals surface area contributed by atoms with Gasteiger partial charge < -0.3 is 19.6 Å². The number of oxazole rings is 1. The van der Waals surface area contributed by atoms with E-state index in [4.69, 9.17) is 20.8 Å². The van der Waals surface area contributed by atoms with Gasteiger partial charge in [-0.15, -0.1) is 12.4 Å². The molecule has 0 bridgehead atoms. The second-order valence-electron chi connectivity index (χ2n) is 10.8. The second-order valence-corrected chi connectivity index (χ2v) is 11.2. The Morgan fingerprint density at radius 1 is 1.03 bits per heavy atom. The normalized spacial score (nSPS) is 11.4. The lowest BCUT2D eigenvalue weighted by Crippen LogP contribution is -2.17. The molecule has 0 amide bonds. The highest BCUT2D eigenvalue weighted by atomic mass is 35.5. The summed E-state index contributed by atoms with van der Waals surface area (Å²) < 4.78 is 11.6. The van der Waals surface area contributed by atoms with Gasteiger partial charge in [0.1, 0.15) is 17.8 Å². The average Bonchev–Trinajstić information content (AvgIpc) is 3.24. The highest BCUT2D eigenvalue weighted by Gasteiger charge is 2.27. The number of aromatic hydroxyl groups is 1. The van der Waals surface area contributed by atoms with Crippen molar-refractivity contribution in [3.05, 3.63) is 64.0 Å². The van der Waals surface area contributed by atoms with Crippen LogP contribution in [0, 0.1) is 6.92 Å². The largest absolute Gasteiger partial charge is 0.507 e. The Labute approximate surface area is 228 Å². The summed E-state index contributed by atoms with van der Waals surface area (Å²) in [7, 11) is 1.93. The fourth-order valence-corrected chi connectivity index (χ4v) is 3.56. The third-order valence-corrected chi connectivity index (χ3v) is 6.06. The maximum absolute atomic E-state index is 10.9. The molecule has 0 saturated carbocycles. The van der Waals surface area contributed by atoms with E-state index in [2.05, 4.69) is 58.8 Å². The molecule has 3 rings (SSSR count). The van der Waals surface area contributed by atoms with E-state index in [9.17, 15) is 5.11 Å². The molecule has 2 N–H and O–H groups in total. The van der Waals surface area contributed by atoms with Crippen molar-refractivity contribution in [1.29, 1.82) is 0 Å². The Bertz CT molecular complexity index is 1080. The summed E-state index contributed by atoms with van der Waals surface area (Å²) in [5.41, 5.74) is 4.05. The molecule has 1 aromatic heterocycles. The molecule has 5 nitrogen and oxygen atoms in total. The lowest BCUT2D eigenvalue weighted by Gasteiger charge is -2.27. The first kappa shape index (κ1) is 31.8. The Morgan fingerprint density at radius 2 is 1.58 bits per heavy atom. The fourth-order valence-electron chi connectivity index (χ4n) is 3.39. The zero-order chi connectivity index (χ0) is 26.4. The number of phenolic OH excluding ortho intramolecular Hbond substituents is 1.